The molecule has 1 fully saturated rings. The molecule has 2 aliphatic rings. The molecular formula is C25H25N3O. The van der Waals surface area contributed by atoms with Crippen molar-refractivity contribution >= 4 is 11.6 Å². The molecule has 2 aromatic carbocycles. The minimum Gasteiger partial charge on any atom is -0.306 e. The third kappa shape index (κ3) is 3.34. The number of hydrogen-bond donors (Lipinski definition) is 0. The second kappa shape index (κ2) is 7.45. The number of likely N-dealkylation sites (tertiary alicyclic amines) is 1. The lowest BCUT2D eigenvalue weighted by Gasteiger charge is -2.46. The number of nitrogens with zero attached hydrogens (tertiary/aromatic N) is 3. The molecular weight excluding hydrogens is 358 g/mol. The Labute approximate surface area is 171 Å². The number of carbonyl (C=O) groups is 1. The maximum atomic E-state index is 13.5. The first kappa shape index (κ1) is 18.1. The lowest BCUT2D eigenvalue weighted by atomic mass is 9.82. The van der Waals surface area contributed by atoms with Crippen LogP contribution in [-0.4, -0.2) is 34.4 Å². The predicted molar refractivity (Wildman–Crippen MR) is 115 cm³/mol. The van der Waals surface area contributed by atoms with E-state index in [0.717, 1.165) is 50.1 Å². The smallest absolute Gasteiger partial charge is 0.258 e. The Balaban J connectivity index is 1.51. The van der Waals surface area contributed by atoms with E-state index in [2.05, 4.69) is 34.1 Å². The first-order chi connectivity index (χ1) is 14.3. The zero-order valence-corrected chi connectivity index (χ0v) is 16.5. The van der Waals surface area contributed by atoms with Crippen LogP contribution in [0.25, 0.3) is 0 Å². The van der Waals surface area contributed by atoms with Gasteiger partial charge in [-0.1, -0.05) is 42.5 Å². The van der Waals surface area contributed by atoms with Gasteiger partial charge in [0.2, 0.25) is 0 Å². The van der Waals surface area contributed by atoms with Crippen molar-refractivity contribution in [3.63, 3.8) is 0 Å². The maximum Gasteiger partial charge on any atom is 0.258 e. The Morgan fingerprint density at radius 2 is 1.83 bits per heavy atom. The summed E-state index contributed by atoms with van der Waals surface area (Å²) < 4.78 is 0. The number of para-hydroxylation sites is 1. The molecule has 3 heterocycles. The third-order valence-corrected chi connectivity index (χ3v) is 6.36. The van der Waals surface area contributed by atoms with E-state index in [9.17, 15) is 4.79 Å². The van der Waals surface area contributed by atoms with Crippen LogP contribution in [-0.2, 0) is 13.0 Å². The number of carbonyl (C=O) groups excluding carboxylic acids is 1. The zero-order chi connectivity index (χ0) is 19.7. The first-order valence-electron chi connectivity index (χ1n) is 10.3. The summed E-state index contributed by atoms with van der Waals surface area (Å²) in [7, 11) is 0. The van der Waals surface area contributed by atoms with Crippen LogP contribution in [0.2, 0.25) is 0 Å². The Morgan fingerprint density at radius 3 is 2.66 bits per heavy atom. The van der Waals surface area contributed by atoms with Gasteiger partial charge >= 0.3 is 0 Å². The number of aromatic nitrogens is 1. The molecule has 0 saturated carbocycles. The molecule has 4 heteroatoms. The number of pyridine rings is 1. The number of benzene rings is 2. The second-order valence-corrected chi connectivity index (χ2v) is 8.17. The zero-order valence-electron chi connectivity index (χ0n) is 16.5. The lowest BCUT2D eigenvalue weighted by Crippen LogP contribution is -2.57. The topological polar surface area (TPSA) is 36.4 Å². The van der Waals surface area contributed by atoms with Crippen molar-refractivity contribution in [1.82, 2.24) is 9.88 Å². The molecule has 3 aromatic rings. The van der Waals surface area contributed by atoms with Crippen LogP contribution < -0.4 is 4.90 Å². The Bertz CT molecular complexity index is 1000. The highest BCUT2D eigenvalue weighted by molar-refractivity contribution is 6.07. The fourth-order valence-electron chi connectivity index (χ4n) is 4.96. The molecule has 1 atom stereocenters. The molecule has 4 nitrogen and oxygen atoms in total. The molecule has 0 bridgehead atoms. The standard InChI is InChI=1S/C25H25N3O/c29-24(21-9-2-1-3-10-21)28-19-25(16-22-11-4-5-12-23(22)28)13-7-15-27(25)18-20-8-6-14-26-17-20/h1-6,8-12,14,17H,7,13,15-16,18-19H2. The van der Waals surface area contributed by atoms with Gasteiger partial charge in [-0.15, -0.1) is 0 Å². The van der Waals surface area contributed by atoms with Crippen molar-refractivity contribution in [1.29, 1.82) is 0 Å². The molecule has 0 aliphatic carbocycles. The molecule has 0 radical (unpaired) electrons. The number of amides is 1. The number of anilines is 1. The van der Waals surface area contributed by atoms with Crippen LogP contribution >= 0.6 is 0 Å². The largest absolute Gasteiger partial charge is 0.306 e. The van der Waals surface area contributed by atoms with Crippen molar-refractivity contribution in [2.45, 2.75) is 31.3 Å². The second-order valence-electron chi connectivity index (χ2n) is 8.17. The number of hydrogen-bond acceptors (Lipinski definition) is 3. The minimum absolute atomic E-state index is 0.0192. The van der Waals surface area contributed by atoms with Gasteiger partial charge in [0.15, 0.2) is 0 Å². The normalized spacial score (nSPS) is 21.3. The first-order valence-corrected chi connectivity index (χ1v) is 10.3. The van der Waals surface area contributed by atoms with Crippen molar-refractivity contribution in [3.05, 3.63) is 95.8 Å². The highest BCUT2D eigenvalue weighted by atomic mass is 16.2. The molecule has 146 valence electrons. The fraction of sp³-hybridized carbons (Fsp3) is 0.280. The quantitative estimate of drug-likeness (QED) is 0.676. The summed E-state index contributed by atoms with van der Waals surface area (Å²) in [6.45, 7) is 2.67. The van der Waals surface area contributed by atoms with Crippen LogP contribution in [0, 0.1) is 0 Å². The summed E-state index contributed by atoms with van der Waals surface area (Å²) in [5.74, 6) is 0.0883. The van der Waals surface area contributed by atoms with Gasteiger partial charge in [0.05, 0.1) is 0 Å². The van der Waals surface area contributed by atoms with E-state index in [1.165, 1.54) is 11.1 Å². The van der Waals surface area contributed by atoms with Gasteiger partial charge in [-0.25, -0.2) is 0 Å². The summed E-state index contributed by atoms with van der Waals surface area (Å²) in [5.41, 5.74) is 4.28. The lowest BCUT2D eigenvalue weighted by molar-refractivity contribution is 0.0916. The molecule has 1 saturated heterocycles. The third-order valence-electron chi connectivity index (χ3n) is 6.36. The maximum absolute atomic E-state index is 13.5. The van der Waals surface area contributed by atoms with Crippen LogP contribution in [0.5, 0.6) is 0 Å². The van der Waals surface area contributed by atoms with E-state index >= 15 is 0 Å². The van der Waals surface area contributed by atoms with Crippen LogP contribution in [0.4, 0.5) is 5.69 Å². The SMILES string of the molecule is O=C(c1ccccc1)N1CC2(CCCN2Cc2cccnc2)Cc2ccccc21. The average Bonchev–Trinajstić information content (AvgIpc) is 3.15. The van der Waals surface area contributed by atoms with Gasteiger partial charge in [-0.05, 0) is 61.2 Å². The van der Waals surface area contributed by atoms with Gasteiger partial charge in [0.25, 0.3) is 5.91 Å². The number of fused-ring (bicyclic) bond motifs is 1. The van der Waals surface area contributed by atoms with E-state index in [-0.39, 0.29) is 11.4 Å². The number of rotatable bonds is 3. The minimum atomic E-state index is -0.0192. The van der Waals surface area contributed by atoms with Gasteiger partial charge in [0.1, 0.15) is 0 Å². The summed E-state index contributed by atoms with van der Waals surface area (Å²) in [6, 6.07) is 22.2. The molecule has 29 heavy (non-hydrogen) atoms. The van der Waals surface area contributed by atoms with Crippen LogP contribution in [0.15, 0.2) is 79.1 Å². The van der Waals surface area contributed by atoms with Crippen molar-refractivity contribution < 1.29 is 4.79 Å². The molecule has 1 unspecified atom stereocenters. The Morgan fingerprint density at radius 1 is 1.00 bits per heavy atom. The summed E-state index contributed by atoms with van der Waals surface area (Å²) in [5, 5.41) is 0. The van der Waals surface area contributed by atoms with Crippen LogP contribution in [0.3, 0.4) is 0 Å². The van der Waals surface area contributed by atoms with Gasteiger partial charge in [0, 0.05) is 42.3 Å². The van der Waals surface area contributed by atoms with Crippen molar-refractivity contribution in [2.75, 3.05) is 18.0 Å². The molecule has 2 aliphatic heterocycles. The average molecular weight is 383 g/mol. The molecule has 5 rings (SSSR count). The van der Waals surface area contributed by atoms with Gasteiger partial charge < -0.3 is 4.90 Å². The molecule has 1 spiro atoms. The fourth-order valence-corrected chi connectivity index (χ4v) is 4.96. The van der Waals surface area contributed by atoms with E-state index in [0.29, 0.717) is 0 Å². The molecule has 1 aromatic heterocycles. The predicted octanol–water partition coefficient (Wildman–Crippen LogP) is 4.32. The highest BCUT2D eigenvalue weighted by Gasteiger charge is 2.46. The molecule has 1 amide bonds. The summed E-state index contributed by atoms with van der Waals surface area (Å²) in [4.78, 5) is 22.3. The van der Waals surface area contributed by atoms with Crippen molar-refractivity contribution in [2.24, 2.45) is 0 Å². The van der Waals surface area contributed by atoms with Gasteiger partial charge in [-0.2, -0.15) is 0 Å². The van der Waals surface area contributed by atoms with Crippen molar-refractivity contribution in [3.8, 4) is 0 Å². The van der Waals surface area contributed by atoms with E-state index in [4.69, 9.17) is 0 Å². The van der Waals surface area contributed by atoms with E-state index in [1.807, 2.05) is 59.8 Å². The van der Waals surface area contributed by atoms with E-state index < -0.39 is 0 Å². The van der Waals surface area contributed by atoms with E-state index in [1.54, 1.807) is 0 Å². The summed E-state index contributed by atoms with van der Waals surface area (Å²) >= 11 is 0. The highest BCUT2D eigenvalue weighted by Crippen LogP contribution is 2.42. The van der Waals surface area contributed by atoms with Crippen LogP contribution in [0.1, 0.15) is 34.3 Å². The van der Waals surface area contributed by atoms with Gasteiger partial charge in [-0.3, -0.25) is 14.7 Å². The monoisotopic (exact) mass is 383 g/mol. The summed E-state index contributed by atoms with van der Waals surface area (Å²) in [6.07, 6.45) is 7.04. The Hall–Kier alpha value is -2.98. The molecule has 0 N–H and O–H groups in total. The Kier molecular flexibility index (Phi) is 4.64.